The molecule has 0 radical (unpaired) electrons. The average Bonchev–Trinajstić information content (AvgIpc) is 2.19. The van der Waals surface area contributed by atoms with Crippen molar-refractivity contribution in [3.8, 4) is 11.8 Å². The third-order valence-electron chi connectivity index (χ3n) is 0.691. The Kier molecular flexibility index (Phi) is 1.34. The number of aromatic nitrogens is 1. The SMILES string of the molecule is CC#Cc1ccon1. The van der Waals surface area contributed by atoms with Gasteiger partial charge >= 0.3 is 0 Å². The van der Waals surface area contributed by atoms with Gasteiger partial charge in [-0.05, 0) is 12.8 Å². The lowest BCUT2D eigenvalue weighted by Gasteiger charge is -1.66. The van der Waals surface area contributed by atoms with Crippen LogP contribution in [0, 0.1) is 11.8 Å². The quantitative estimate of drug-likeness (QED) is 0.463. The minimum Gasteiger partial charge on any atom is -0.363 e. The van der Waals surface area contributed by atoms with Crippen molar-refractivity contribution in [3.05, 3.63) is 18.0 Å². The Hall–Kier alpha value is -1.23. The minimum atomic E-state index is 0.688. The Bertz CT molecular complexity index is 202. The van der Waals surface area contributed by atoms with Crippen LogP contribution in [0.3, 0.4) is 0 Å². The molecule has 0 aliphatic rings. The van der Waals surface area contributed by atoms with Gasteiger partial charge in [-0.15, -0.1) is 0 Å². The van der Waals surface area contributed by atoms with Crippen molar-refractivity contribution in [1.82, 2.24) is 5.16 Å². The summed E-state index contributed by atoms with van der Waals surface area (Å²) in [5.41, 5.74) is 0.688. The van der Waals surface area contributed by atoms with E-state index in [9.17, 15) is 0 Å². The van der Waals surface area contributed by atoms with E-state index < -0.39 is 0 Å². The molecule has 0 saturated heterocycles. The Morgan fingerprint density at radius 1 is 1.75 bits per heavy atom. The number of hydrogen-bond acceptors (Lipinski definition) is 2. The molecule has 0 spiro atoms. The fourth-order valence-electron chi connectivity index (χ4n) is 0.405. The molecule has 0 amide bonds. The van der Waals surface area contributed by atoms with Crippen molar-refractivity contribution < 1.29 is 4.52 Å². The predicted octanol–water partition coefficient (Wildman–Crippen LogP) is 1.05. The van der Waals surface area contributed by atoms with Gasteiger partial charge in [0.1, 0.15) is 6.26 Å². The number of hydrogen-bond donors (Lipinski definition) is 0. The summed E-state index contributed by atoms with van der Waals surface area (Å²) in [7, 11) is 0. The molecular weight excluding hydrogens is 102 g/mol. The van der Waals surface area contributed by atoms with Gasteiger partial charge in [-0.25, -0.2) is 0 Å². The molecule has 1 rings (SSSR count). The molecule has 8 heavy (non-hydrogen) atoms. The molecule has 0 bridgehead atoms. The highest BCUT2D eigenvalue weighted by Gasteiger charge is 1.83. The van der Waals surface area contributed by atoms with Crippen LogP contribution < -0.4 is 0 Å². The monoisotopic (exact) mass is 107 g/mol. The van der Waals surface area contributed by atoms with E-state index in [2.05, 4.69) is 21.5 Å². The van der Waals surface area contributed by atoms with Crippen molar-refractivity contribution in [1.29, 1.82) is 0 Å². The van der Waals surface area contributed by atoms with E-state index in [-0.39, 0.29) is 0 Å². The van der Waals surface area contributed by atoms with Gasteiger partial charge in [0.15, 0.2) is 5.69 Å². The fraction of sp³-hybridized carbons (Fsp3) is 0.167. The molecule has 0 N–H and O–H groups in total. The average molecular weight is 107 g/mol. The fourth-order valence-corrected chi connectivity index (χ4v) is 0.405. The standard InChI is InChI=1S/C6H5NO/c1-2-3-6-4-5-8-7-6/h4-5H,1H3. The van der Waals surface area contributed by atoms with Crippen LogP contribution in [0.1, 0.15) is 12.6 Å². The maximum Gasteiger partial charge on any atom is 0.156 e. The van der Waals surface area contributed by atoms with Gasteiger partial charge in [-0.3, -0.25) is 0 Å². The van der Waals surface area contributed by atoms with Crippen LogP contribution in [0.4, 0.5) is 0 Å². The van der Waals surface area contributed by atoms with Gasteiger partial charge in [-0.1, -0.05) is 11.1 Å². The van der Waals surface area contributed by atoms with E-state index >= 15 is 0 Å². The molecular formula is C6H5NO. The first kappa shape index (κ1) is 4.92. The Morgan fingerprint density at radius 3 is 3.12 bits per heavy atom. The van der Waals surface area contributed by atoms with Gasteiger partial charge in [0.25, 0.3) is 0 Å². The van der Waals surface area contributed by atoms with Crippen molar-refractivity contribution in [2.24, 2.45) is 0 Å². The van der Waals surface area contributed by atoms with E-state index in [1.165, 1.54) is 6.26 Å². The lowest BCUT2D eigenvalue weighted by atomic mass is 10.4. The van der Waals surface area contributed by atoms with Crippen LogP contribution in [0.15, 0.2) is 16.9 Å². The third kappa shape index (κ3) is 0.881. The Labute approximate surface area is 47.5 Å². The van der Waals surface area contributed by atoms with Crippen molar-refractivity contribution >= 4 is 0 Å². The molecule has 1 heterocycles. The van der Waals surface area contributed by atoms with E-state index in [1.807, 2.05) is 0 Å². The van der Waals surface area contributed by atoms with Crippen molar-refractivity contribution in [2.75, 3.05) is 0 Å². The minimum absolute atomic E-state index is 0.688. The smallest absolute Gasteiger partial charge is 0.156 e. The highest BCUT2D eigenvalue weighted by atomic mass is 16.5. The largest absolute Gasteiger partial charge is 0.363 e. The molecule has 0 aliphatic carbocycles. The molecule has 0 aliphatic heterocycles. The summed E-state index contributed by atoms with van der Waals surface area (Å²) >= 11 is 0. The maximum atomic E-state index is 4.51. The summed E-state index contributed by atoms with van der Waals surface area (Å²) in [6.45, 7) is 1.76. The second-order valence-corrected chi connectivity index (χ2v) is 1.26. The molecule has 2 nitrogen and oxygen atoms in total. The molecule has 0 aromatic carbocycles. The molecule has 0 fully saturated rings. The van der Waals surface area contributed by atoms with Gasteiger partial charge in [0.05, 0.1) is 0 Å². The second kappa shape index (κ2) is 2.17. The number of rotatable bonds is 0. The second-order valence-electron chi connectivity index (χ2n) is 1.26. The van der Waals surface area contributed by atoms with E-state index in [4.69, 9.17) is 0 Å². The third-order valence-corrected chi connectivity index (χ3v) is 0.691. The Balaban J connectivity index is 2.88. The summed E-state index contributed by atoms with van der Waals surface area (Å²) in [6, 6.07) is 1.72. The molecule has 40 valence electrons. The summed E-state index contributed by atoms with van der Waals surface area (Å²) < 4.78 is 4.51. The zero-order chi connectivity index (χ0) is 5.82. The van der Waals surface area contributed by atoms with Crippen molar-refractivity contribution in [3.63, 3.8) is 0 Å². The molecule has 1 aromatic rings. The zero-order valence-electron chi connectivity index (χ0n) is 4.51. The summed E-state index contributed by atoms with van der Waals surface area (Å²) in [5, 5.41) is 3.56. The van der Waals surface area contributed by atoms with Crippen LogP contribution in [-0.2, 0) is 0 Å². The lowest BCUT2D eigenvalue weighted by molar-refractivity contribution is 0.418. The molecule has 0 atom stereocenters. The highest BCUT2D eigenvalue weighted by molar-refractivity contribution is 5.23. The predicted molar refractivity (Wildman–Crippen MR) is 29.1 cm³/mol. The highest BCUT2D eigenvalue weighted by Crippen LogP contribution is 1.88. The zero-order valence-corrected chi connectivity index (χ0v) is 4.51. The lowest BCUT2D eigenvalue weighted by Crippen LogP contribution is -1.66. The van der Waals surface area contributed by atoms with Gasteiger partial charge in [-0.2, -0.15) is 0 Å². The van der Waals surface area contributed by atoms with E-state index in [1.54, 1.807) is 13.0 Å². The summed E-state index contributed by atoms with van der Waals surface area (Å²) in [6.07, 6.45) is 1.50. The molecule has 0 unspecified atom stereocenters. The Morgan fingerprint density at radius 2 is 2.62 bits per heavy atom. The summed E-state index contributed by atoms with van der Waals surface area (Å²) in [4.78, 5) is 0. The molecule has 0 saturated carbocycles. The van der Waals surface area contributed by atoms with Crippen LogP contribution in [-0.4, -0.2) is 5.16 Å². The van der Waals surface area contributed by atoms with Crippen molar-refractivity contribution in [2.45, 2.75) is 6.92 Å². The normalized spacial score (nSPS) is 7.62. The molecule has 2 heteroatoms. The summed E-state index contributed by atoms with van der Waals surface area (Å²) in [5.74, 6) is 5.43. The topological polar surface area (TPSA) is 26.0 Å². The van der Waals surface area contributed by atoms with Gasteiger partial charge in [0.2, 0.25) is 0 Å². The van der Waals surface area contributed by atoms with E-state index in [0.717, 1.165) is 0 Å². The van der Waals surface area contributed by atoms with Crippen LogP contribution in [0.5, 0.6) is 0 Å². The first-order valence-electron chi connectivity index (χ1n) is 2.26. The van der Waals surface area contributed by atoms with Gasteiger partial charge < -0.3 is 4.52 Å². The molecule has 1 aromatic heterocycles. The van der Waals surface area contributed by atoms with E-state index in [0.29, 0.717) is 5.69 Å². The number of nitrogens with zero attached hydrogens (tertiary/aromatic N) is 1. The van der Waals surface area contributed by atoms with Crippen LogP contribution in [0.25, 0.3) is 0 Å². The van der Waals surface area contributed by atoms with Crippen LogP contribution in [0.2, 0.25) is 0 Å². The van der Waals surface area contributed by atoms with Gasteiger partial charge in [0, 0.05) is 6.07 Å². The first-order chi connectivity index (χ1) is 3.93. The maximum absolute atomic E-state index is 4.51. The van der Waals surface area contributed by atoms with Crippen LogP contribution >= 0.6 is 0 Å². The first-order valence-corrected chi connectivity index (χ1v) is 2.26.